The molecule has 4 rings (SSSR count). The topological polar surface area (TPSA) is 78.0 Å². The summed E-state index contributed by atoms with van der Waals surface area (Å²) >= 11 is 0. The molecule has 1 amide bonds. The molecule has 0 spiro atoms. The van der Waals surface area contributed by atoms with Crippen LogP contribution in [0.15, 0.2) is 60.7 Å². The lowest BCUT2D eigenvalue weighted by Gasteiger charge is -2.09. The Bertz CT molecular complexity index is 1040. The van der Waals surface area contributed by atoms with Gasteiger partial charge in [0.2, 0.25) is 0 Å². The van der Waals surface area contributed by atoms with Crippen LogP contribution in [0.5, 0.6) is 5.75 Å². The molecule has 23 heavy (non-hydrogen) atoms. The van der Waals surface area contributed by atoms with E-state index in [1.165, 1.54) is 0 Å². The van der Waals surface area contributed by atoms with Gasteiger partial charge >= 0.3 is 0 Å². The number of rotatable bonds is 2. The number of anilines is 1. The number of amides is 1. The molecule has 0 unspecified atom stereocenters. The summed E-state index contributed by atoms with van der Waals surface area (Å²) in [6.45, 7) is 0. The molecule has 0 aliphatic carbocycles. The summed E-state index contributed by atoms with van der Waals surface area (Å²) in [5.74, 6) is -0.315. The first-order valence-electron chi connectivity index (χ1n) is 7.19. The Kier molecular flexibility index (Phi) is 2.98. The van der Waals surface area contributed by atoms with Gasteiger partial charge in [0.25, 0.3) is 5.91 Å². The number of H-pyrrole nitrogens is 1. The smallest absolute Gasteiger partial charge is 0.276 e. The van der Waals surface area contributed by atoms with Crippen LogP contribution in [-0.4, -0.2) is 21.2 Å². The van der Waals surface area contributed by atoms with Crippen molar-refractivity contribution in [3.63, 3.8) is 0 Å². The summed E-state index contributed by atoms with van der Waals surface area (Å²) in [6, 6.07) is 18.4. The molecule has 0 aliphatic heterocycles. The number of hydrogen-bond donors (Lipinski definition) is 3. The molecule has 0 saturated carbocycles. The second-order valence-electron chi connectivity index (χ2n) is 5.25. The lowest BCUT2D eigenvalue weighted by molar-refractivity contribution is 0.102. The van der Waals surface area contributed by atoms with Crippen LogP contribution in [0.4, 0.5) is 5.69 Å². The molecule has 0 bridgehead atoms. The molecule has 1 aromatic heterocycles. The van der Waals surface area contributed by atoms with Crippen molar-refractivity contribution < 1.29 is 9.90 Å². The summed E-state index contributed by atoms with van der Waals surface area (Å²) in [4.78, 5) is 12.5. The highest BCUT2D eigenvalue weighted by molar-refractivity contribution is 6.12. The van der Waals surface area contributed by atoms with Gasteiger partial charge in [-0.05, 0) is 17.5 Å². The number of nitrogens with zero attached hydrogens (tertiary/aromatic N) is 1. The number of aromatic amines is 1. The molecule has 0 fully saturated rings. The third kappa shape index (κ3) is 2.19. The average molecular weight is 303 g/mol. The maximum Gasteiger partial charge on any atom is 0.276 e. The van der Waals surface area contributed by atoms with E-state index in [9.17, 15) is 9.90 Å². The summed E-state index contributed by atoms with van der Waals surface area (Å²) in [5, 5.41) is 22.3. The number of nitrogens with one attached hydrogen (secondary N) is 2. The molecule has 4 aromatic rings. The van der Waals surface area contributed by atoms with E-state index in [0.717, 1.165) is 16.3 Å². The van der Waals surface area contributed by atoms with Gasteiger partial charge < -0.3 is 10.4 Å². The van der Waals surface area contributed by atoms with Crippen molar-refractivity contribution >= 4 is 33.3 Å². The molecule has 3 aromatic carbocycles. The van der Waals surface area contributed by atoms with E-state index in [0.29, 0.717) is 16.8 Å². The Labute approximate surface area is 131 Å². The van der Waals surface area contributed by atoms with E-state index in [1.807, 2.05) is 54.6 Å². The van der Waals surface area contributed by atoms with E-state index in [2.05, 4.69) is 15.5 Å². The molecule has 3 N–H and O–H groups in total. The summed E-state index contributed by atoms with van der Waals surface area (Å²) in [7, 11) is 0. The Morgan fingerprint density at radius 2 is 1.70 bits per heavy atom. The highest BCUT2D eigenvalue weighted by atomic mass is 16.3. The van der Waals surface area contributed by atoms with Gasteiger partial charge in [-0.2, -0.15) is 5.10 Å². The van der Waals surface area contributed by atoms with E-state index in [1.54, 1.807) is 6.07 Å². The molecular weight excluding hydrogens is 290 g/mol. The zero-order chi connectivity index (χ0) is 15.8. The molecule has 0 radical (unpaired) electrons. The number of phenols is 1. The van der Waals surface area contributed by atoms with Crippen LogP contribution in [-0.2, 0) is 0 Å². The van der Waals surface area contributed by atoms with Gasteiger partial charge in [0.15, 0.2) is 5.69 Å². The molecule has 112 valence electrons. The van der Waals surface area contributed by atoms with Crippen LogP contribution in [0, 0.1) is 0 Å². The van der Waals surface area contributed by atoms with Gasteiger partial charge in [0.05, 0.1) is 11.2 Å². The summed E-state index contributed by atoms with van der Waals surface area (Å²) in [6.07, 6.45) is 0. The first-order chi connectivity index (χ1) is 11.2. The molecule has 5 heteroatoms. The van der Waals surface area contributed by atoms with Crippen molar-refractivity contribution in [3.8, 4) is 5.75 Å². The van der Waals surface area contributed by atoms with Crippen LogP contribution >= 0.6 is 0 Å². The number of carbonyl (C=O) groups is 1. The second kappa shape index (κ2) is 5.14. The van der Waals surface area contributed by atoms with Crippen LogP contribution < -0.4 is 5.32 Å². The molecule has 5 nitrogen and oxygen atoms in total. The first kappa shape index (κ1) is 13.3. The lowest BCUT2D eigenvalue weighted by Crippen LogP contribution is -2.13. The maximum absolute atomic E-state index is 12.5. The lowest BCUT2D eigenvalue weighted by atomic mass is 10.1. The number of aromatic nitrogens is 2. The molecule has 1 heterocycles. The Balaban J connectivity index is 1.73. The highest BCUT2D eigenvalue weighted by Gasteiger charge is 2.16. The minimum absolute atomic E-state index is 0.0521. The number of benzene rings is 3. The van der Waals surface area contributed by atoms with Crippen molar-refractivity contribution in [1.29, 1.82) is 0 Å². The largest absolute Gasteiger partial charge is 0.505 e. The third-order valence-electron chi connectivity index (χ3n) is 3.83. The quantitative estimate of drug-likeness (QED) is 0.494. The van der Waals surface area contributed by atoms with Gasteiger partial charge in [-0.1, -0.05) is 48.5 Å². The second-order valence-corrected chi connectivity index (χ2v) is 5.25. The van der Waals surface area contributed by atoms with Crippen molar-refractivity contribution in [2.24, 2.45) is 0 Å². The number of phenolic OH excluding ortho intramolecular Hbond substituents is 1. The zero-order valence-corrected chi connectivity index (χ0v) is 12.1. The molecule has 0 atom stereocenters. The van der Waals surface area contributed by atoms with Crippen LogP contribution in [0.2, 0.25) is 0 Å². The van der Waals surface area contributed by atoms with E-state index >= 15 is 0 Å². The highest BCUT2D eigenvalue weighted by Crippen LogP contribution is 2.32. The SMILES string of the molecule is O=C(Nc1ccc2ccccc2c1O)c1n[nH]c2ccccc12. The zero-order valence-electron chi connectivity index (χ0n) is 12.1. The van der Waals surface area contributed by atoms with Crippen molar-refractivity contribution in [3.05, 3.63) is 66.4 Å². The number of carbonyl (C=O) groups excluding carboxylic acids is 1. The predicted octanol–water partition coefficient (Wildman–Crippen LogP) is 3.67. The van der Waals surface area contributed by atoms with Gasteiger partial charge in [-0.15, -0.1) is 0 Å². The van der Waals surface area contributed by atoms with E-state index < -0.39 is 0 Å². The molecule has 0 aliphatic rings. The van der Waals surface area contributed by atoms with Gasteiger partial charge in [0, 0.05) is 10.8 Å². The fourth-order valence-electron chi connectivity index (χ4n) is 2.67. The minimum atomic E-state index is -0.368. The minimum Gasteiger partial charge on any atom is -0.505 e. The van der Waals surface area contributed by atoms with Crippen molar-refractivity contribution in [2.45, 2.75) is 0 Å². The fraction of sp³-hybridized carbons (Fsp3) is 0. The normalized spacial score (nSPS) is 11.0. The Hall–Kier alpha value is -3.34. The van der Waals surface area contributed by atoms with E-state index in [-0.39, 0.29) is 11.7 Å². The van der Waals surface area contributed by atoms with Crippen molar-refractivity contribution in [1.82, 2.24) is 10.2 Å². The predicted molar refractivity (Wildman–Crippen MR) is 89.7 cm³/mol. The van der Waals surface area contributed by atoms with Crippen LogP contribution in [0.3, 0.4) is 0 Å². The number of hydrogen-bond acceptors (Lipinski definition) is 3. The fourth-order valence-corrected chi connectivity index (χ4v) is 2.67. The maximum atomic E-state index is 12.5. The van der Waals surface area contributed by atoms with Crippen LogP contribution in [0.25, 0.3) is 21.7 Å². The number of fused-ring (bicyclic) bond motifs is 2. The molecule has 0 saturated heterocycles. The standard InChI is InChI=1S/C18H13N3O2/c22-17-12-6-2-1-5-11(12)9-10-15(17)19-18(23)16-13-7-3-4-8-14(13)20-21-16/h1-10,22H,(H,19,23)(H,20,21). The van der Waals surface area contributed by atoms with Gasteiger partial charge in [0.1, 0.15) is 5.75 Å². The number of para-hydroxylation sites is 1. The average Bonchev–Trinajstić information content (AvgIpc) is 3.02. The Morgan fingerprint density at radius 3 is 2.57 bits per heavy atom. The first-order valence-corrected chi connectivity index (χ1v) is 7.19. The Morgan fingerprint density at radius 1 is 0.957 bits per heavy atom. The van der Waals surface area contributed by atoms with Gasteiger partial charge in [-0.3, -0.25) is 9.89 Å². The van der Waals surface area contributed by atoms with Crippen LogP contribution in [0.1, 0.15) is 10.5 Å². The van der Waals surface area contributed by atoms with Gasteiger partial charge in [-0.25, -0.2) is 0 Å². The number of aromatic hydroxyl groups is 1. The van der Waals surface area contributed by atoms with E-state index in [4.69, 9.17) is 0 Å². The van der Waals surface area contributed by atoms with Crippen molar-refractivity contribution in [2.75, 3.05) is 5.32 Å². The summed E-state index contributed by atoms with van der Waals surface area (Å²) < 4.78 is 0. The summed E-state index contributed by atoms with van der Waals surface area (Å²) in [5.41, 5.74) is 1.45. The monoisotopic (exact) mass is 303 g/mol. The third-order valence-corrected chi connectivity index (χ3v) is 3.83. The molecular formula is C18H13N3O2.